The number of carbonyl (C=O) groups is 1. The summed E-state index contributed by atoms with van der Waals surface area (Å²) in [5.41, 5.74) is 0.566. The maximum absolute atomic E-state index is 12.9. The lowest BCUT2D eigenvalue weighted by atomic mass is 10.0. The Morgan fingerprint density at radius 3 is 2.55 bits per heavy atom. The van der Waals surface area contributed by atoms with Crippen molar-refractivity contribution in [3.05, 3.63) is 60.2 Å². The molecule has 0 aliphatic heterocycles. The zero-order valence-electron chi connectivity index (χ0n) is 12.1. The van der Waals surface area contributed by atoms with E-state index >= 15 is 0 Å². The van der Waals surface area contributed by atoms with Crippen LogP contribution in [0.5, 0.6) is 0 Å². The Labute approximate surface area is 132 Å². The third-order valence-corrected chi connectivity index (χ3v) is 4.11. The number of benzene rings is 1. The van der Waals surface area contributed by atoms with Gasteiger partial charge in [0, 0.05) is 17.3 Å². The van der Waals surface area contributed by atoms with E-state index in [1.807, 2.05) is 12.1 Å². The molecule has 6 heteroatoms. The molecule has 4 nitrogen and oxygen atoms in total. The largest absolute Gasteiger partial charge is 0.386 e. The summed E-state index contributed by atoms with van der Waals surface area (Å²) in [7, 11) is 0. The quantitative estimate of drug-likeness (QED) is 0.803. The lowest BCUT2D eigenvalue weighted by molar-refractivity contribution is -0.119. The normalized spacial score (nSPS) is 13.4. The predicted octanol–water partition coefficient (Wildman–Crippen LogP) is 2.55. The molecule has 0 aliphatic rings. The van der Waals surface area contributed by atoms with Crippen molar-refractivity contribution < 1.29 is 14.3 Å². The van der Waals surface area contributed by atoms with Crippen LogP contribution >= 0.6 is 11.8 Å². The van der Waals surface area contributed by atoms with Crippen molar-refractivity contribution in [2.45, 2.75) is 24.0 Å². The van der Waals surface area contributed by atoms with Crippen molar-refractivity contribution in [3.8, 4) is 0 Å². The number of aliphatic hydroxyl groups is 1. The third-order valence-electron chi connectivity index (χ3n) is 3.09. The van der Waals surface area contributed by atoms with Gasteiger partial charge in [-0.1, -0.05) is 12.1 Å². The number of pyridine rings is 1. The lowest BCUT2D eigenvalue weighted by Crippen LogP contribution is -2.38. The maximum Gasteiger partial charge on any atom is 0.230 e. The van der Waals surface area contributed by atoms with Crippen molar-refractivity contribution in [1.29, 1.82) is 0 Å². The van der Waals surface area contributed by atoms with E-state index in [1.165, 1.54) is 36.0 Å². The van der Waals surface area contributed by atoms with Crippen LogP contribution in [0.2, 0.25) is 0 Å². The highest BCUT2D eigenvalue weighted by atomic mass is 32.2. The molecular formula is C16H17FN2O2S. The van der Waals surface area contributed by atoms with Crippen molar-refractivity contribution in [2.24, 2.45) is 0 Å². The van der Waals surface area contributed by atoms with Gasteiger partial charge in [-0.25, -0.2) is 4.39 Å². The van der Waals surface area contributed by atoms with E-state index in [-0.39, 0.29) is 17.5 Å². The molecule has 2 atom stereocenters. The fourth-order valence-corrected chi connectivity index (χ4v) is 2.60. The molecule has 2 aromatic rings. The Hall–Kier alpha value is -1.92. The fraction of sp³-hybridized carbons (Fsp3) is 0.250. The number of nitrogens with one attached hydrogen (secondary N) is 1. The van der Waals surface area contributed by atoms with Crippen LogP contribution in [0.3, 0.4) is 0 Å². The Kier molecular flexibility index (Phi) is 5.91. The molecule has 0 saturated heterocycles. The molecule has 0 saturated carbocycles. The van der Waals surface area contributed by atoms with Crippen LogP contribution in [-0.4, -0.2) is 27.8 Å². The standard InChI is InChI=1S/C16H17FN2O2S/c1-11(16(21)12-2-4-13(17)5-3-12)19-15(20)10-22-14-6-8-18-9-7-14/h2-9,11,16,21H,10H2,1H3,(H,19,20)/t11-,16-/m1/s1. The van der Waals surface area contributed by atoms with Crippen LogP contribution in [0.25, 0.3) is 0 Å². The predicted molar refractivity (Wildman–Crippen MR) is 83.9 cm³/mol. The molecule has 2 N–H and O–H groups in total. The molecule has 0 radical (unpaired) electrons. The number of hydrogen-bond acceptors (Lipinski definition) is 4. The van der Waals surface area contributed by atoms with Gasteiger partial charge in [0.05, 0.1) is 17.9 Å². The van der Waals surface area contributed by atoms with Crippen molar-refractivity contribution in [3.63, 3.8) is 0 Å². The molecule has 1 aromatic heterocycles. The minimum absolute atomic E-state index is 0.171. The minimum atomic E-state index is -0.879. The number of thioether (sulfide) groups is 1. The first kappa shape index (κ1) is 16.5. The summed E-state index contributed by atoms with van der Waals surface area (Å²) < 4.78 is 12.9. The number of aromatic nitrogens is 1. The number of nitrogens with zero attached hydrogens (tertiary/aromatic N) is 1. The summed E-state index contributed by atoms with van der Waals surface area (Å²) in [6, 6.07) is 8.78. The first-order valence-electron chi connectivity index (χ1n) is 6.82. The SMILES string of the molecule is C[C@@H](NC(=O)CSc1ccncc1)[C@@H](O)c1ccc(F)cc1. The van der Waals surface area contributed by atoms with Crippen molar-refractivity contribution >= 4 is 17.7 Å². The summed E-state index contributed by atoms with van der Waals surface area (Å²) in [6.07, 6.45) is 2.46. The minimum Gasteiger partial charge on any atom is -0.386 e. The van der Waals surface area contributed by atoms with E-state index < -0.39 is 12.1 Å². The van der Waals surface area contributed by atoms with Crippen LogP contribution in [0.1, 0.15) is 18.6 Å². The summed E-state index contributed by atoms with van der Waals surface area (Å²) in [4.78, 5) is 16.8. The van der Waals surface area contributed by atoms with E-state index in [0.717, 1.165) is 4.90 Å². The highest BCUT2D eigenvalue weighted by Crippen LogP contribution is 2.18. The smallest absolute Gasteiger partial charge is 0.230 e. The van der Waals surface area contributed by atoms with E-state index in [4.69, 9.17) is 0 Å². The van der Waals surface area contributed by atoms with E-state index in [1.54, 1.807) is 19.3 Å². The second kappa shape index (κ2) is 7.91. The molecule has 0 unspecified atom stereocenters. The van der Waals surface area contributed by atoms with E-state index in [2.05, 4.69) is 10.3 Å². The monoisotopic (exact) mass is 320 g/mol. The van der Waals surface area contributed by atoms with E-state index in [9.17, 15) is 14.3 Å². The molecule has 1 amide bonds. The Morgan fingerprint density at radius 2 is 1.91 bits per heavy atom. The van der Waals surface area contributed by atoms with Crippen LogP contribution in [-0.2, 0) is 4.79 Å². The van der Waals surface area contributed by atoms with Crippen LogP contribution in [0.4, 0.5) is 4.39 Å². The number of amides is 1. The average Bonchev–Trinajstić information content (AvgIpc) is 2.54. The van der Waals surface area contributed by atoms with Gasteiger partial charge in [0.2, 0.25) is 5.91 Å². The fourth-order valence-electron chi connectivity index (χ4n) is 1.91. The Bertz CT molecular complexity index is 607. The second-order valence-corrected chi connectivity index (χ2v) is 5.87. The van der Waals surface area contributed by atoms with Gasteiger partial charge >= 0.3 is 0 Å². The van der Waals surface area contributed by atoms with Crippen LogP contribution in [0.15, 0.2) is 53.7 Å². The van der Waals surface area contributed by atoms with Gasteiger partial charge in [-0.05, 0) is 36.8 Å². The third kappa shape index (κ3) is 4.82. The number of halogens is 1. The first-order valence-corrected chi connectivity index (χ1v) is 7.80. The molecule has 0 spiro atoms. The molecule has 1 aromatic carbocycles. The zero-order chi connectivity index (χ0) is 15.9. The van der Waals surface area contributed by atoms with E-state index in [0.29, 0.717) is 5.56 Å². The van der Waals surface area contributed by atoms with Gasteiger partial charge in [0.15, 0.2) is 0 Å². The lowest BCUT2D eigenvalue weighted by Gasteiger charge is -2.20. The molecule has 22 heavy (non-hydrogen) atoms. The van der Waals surface area contributed by atoms with Gasteiger partial charge in [-0.2, -0.15) is 0 Å². The summed E-state index contributed by atoms with van der Waals surface area (Å²) in [5.74, 6) is -0.276. The Balaban J connectivity index is 1.84. The molecule has 1 heterocycles. The van der Waals surface area contributed by atoms with Crippen molar-refractivity contribution in [2.75, 3.05) is 5.75 Å². The molecule has 116 valence electrons. The van der Waals surface area contributed by atoms with Gasteiger partial charge < -0.3 is 10.4 Å². The summed E-state index contributed by atoms with van der Waals surface area (Å²) >= 11 is 1.40. The molecular weight excluding hydrogens is 303 g/mol. The maximum atomic E-state index is 12.9. The first-order chi connectivity index (χ1) is 10.6. The molecule has 0 fully saturated rings. The molecule has 2 rings (SSSR count). The van der Waals surface area contributed by atoms with Gasteiger partial charge in [0.1, 0.15) is 5.82 Å². The number of hydrogen-bond donors (Lipinski definition) is 2. The number of aliphatic hydroxyl groups excluding tert-OH is 1. The van der Waals surface area contributed by atoms with Crippen LogP contribution in [0, 0.1) is 5.82 Å². The Morgan fingerprint density at radius 1 is 1.27 bits per heavy atom. The van der Waals surface area contributed by atoms with Gasteiger partial charge in [0.25, 0.3) is 0 Å². The van der Waals surface area contributed by atoms with Gasteiger partial charge in [-0.3, -0.25) is 9.78 Å². The number of carbonyl (C=O) groups excluding carboxylic acids is 1. The molecule has 0 aliphatic carbocycles. The van der Waals surface area contributed by atoms with Crippen molar-refractivity contribution in [1.82, 2.24) is 10.3 Å². The molecule has 0 bridgehead atoms. The second-order valence-electron chi connectivity index (χ2n) is 4.82. The van der Waals surface area contributed by atoms with Gasteiger partial charge in [-0.15, -0.1) is 11.8 Å². The summed E-state index contributed by atoms with van der Waals surface area (Å²) in [6.45, 7) is 1.71. The highest BCUT2D eigenvalue weighted by molar-refractivity contribution is 8.00. The highest BCUT2D eigenvalue weighted by Gasteiger charge is 2.18. The summed E-state index contributed by atoms with van der Waals surface area (Å²) in [5, 5.41) is 12.9. The van der Waals surface area contributed by atoms with Crippen LogP contribution < -0.4 is 5.32 Å². The zero-order valence-corrected chi connectivity index (χ0v) is 12.9. The topological polar surface area (TPSA) is 62.2 Å². The average molecular weight is 320 g/mol. The number of rotatable bonds is 6.